The minimum absolute atomic E-state index is 0.0746. The van der Waals surface area contributed by atoms with E-state index < -0.39 is 12.0 Å². The van der Waals surface area contributed by atoms with Crippen molar-refractivity contribution in [1.82, 2.24) is 9.88 Å². The molecule has 1 aliphatic rings. The second-order valence-corrected chi connectivity index (χ2v) is 8.75. The van der Waals surface area contributed by atoms with E-state index in [9.17, 15) is 14.4 Å². The number of pyridine rings is 1. The van der Waals surface area contributed by atoms with Crippen LogP contribution in [-0.4, -0.2) is 40.8 Å². The van der Waals surface area contributed by atoms with Gasteiger partial charge in [-0.1, -0.05) is 49.7 Å². The number of fused-ring (bicyclic) bond motifs is 1. The van der Waals surface area contributed by atoms with Crippen molar-refractivity contribution in [2.45, 2.75) is 26.4 Å². The number of rotatable bonds is 6. The third kappa shape index (κ3) is 4.52. The van der Waals surface area contributed by atoms with Gasteiger partial charge in [0.25, 0.3) is 11.8 Å². The minimum Gasteiger partial charge on any atom is -0.467 e. The van der Waals surface area contributed by atoms with Crippen LogP contribution in [0.3, 0.4) is 0 Å². The van der Waals surface area contributed by atoms with Gasteiger partial charge in [-0.15, -0.1) is 0 Å². The fourth-order valence-corrected chi connectivity index (χ4v) is 4.31. The topological polar surface area (TPSA) is 88.6 Å². The summed E-state index contributed by atoms with van der Waals surface area (Å²) >= 11 is 5.99. The number of esters is 1. The van der Waals surface area contributed by atoms with E-state index in [1.165, 1.54) is 13.3 Å². The Hall–Kier alpha value is -3.71. The molecule has 174 valence electrons. The highest BCUT2D eigenvalue weighted by molar-refractivity contribution is 6.33. The number of hydrogen-bond donors (Lipinski definition) is 1. The van der Waals surface area contributed by atoms with Crippen molar-refractivity contribution in [3.05, 3.63) is 82.6 Å². The number of anilines is 1. The third-order valence-electron chi connectivity index (χ3n) is 5.83. The molecule has 1 N–H and O–H groups in total. The molecule has 1 aromatic heterocycles. The molecule has 4 rings (SSSR count). The lowest BCUT2D eigenvalue weighted by atomic mass is 10.00. The number of carbonyl (C=O) groups excluding carboxylic acids is 3. The molecule has 8 heteroatoms. The van der Waals surface area contributed by atoms with Crippen molar-refractivity contribution in [3.8, 4) is 11.1 Å². The molecule has 0 fully saturated rings. The van der Waals surface area contributed by atoms with Crippen LogP contribution in [0.5, 0.6) is 0 Å². The molecule has 0 saturated heterocycles. The summed E-state index contributed by atoms with van der Waals surface area (Å²) in [6, 6.07) is 15.6. The van der Waals surface area contributed by atoms with Gasteiger partial charge in [0, 0.05) is 24.0 Å². The van der Waals surface area contributed by atoms with E-state index in [1.54, 1.807) is 29.2 Å². The van der Waals surface area contributed by atoms with Crippen LogP contribution in [0.2, 0.25) is 5.15 Å². The van der Waals surface area contributed by atoms with E-state index in [2.05, 4.69) is 10.3 Å². The zero-order valence-corrected chi connectivity index (χ0v) is 19.8. The van der Waals surface area contributed by atoms with E-state index in [0.29, 0.717) is 23.4 Å². The molecular formula is C26H24ClN3O4. The number of halogens is 1. The van der Waals surface area contributed by atoms with E-state index in [4.69, 9.17) is 16.3 Å². The Labute approximate surface area is 202 Å². The number of benzene rings is 2. The first-order chi connectivity index (χ1) is 16.3. The van der Waals surface area contributed by atoms with Crippen LogP contribution in [0.15, 0.2) is 60.8 Å². The molecule has 7 nitrogen and oxygen atoms in total. The zero-order chi connectivity index (χ0) is 24.4. The fourth-order valence-electron chi connectivity index (χ4n) is 4.11. The highest BCUT2D eigenvalue weighted by Gasteiger charge is 2.38. The summed E-state index contributed by atoms with van der Waals surface area (Å²) in [6.45, 7) is 4.16. The summed E-state index contributed by atoms with van der Waals surface area (Å²) in [7, 11) is 1.33. The van der Waals surface area contributed by atoms with Crippen LogP contribution in [0, 0.1) is 5.92 Å². The summed E-state index contributed by atoms with van der Waals surface area (Å²) in [5.41, 5.74) is 4.11. The minimum atomic E-state index is -0.635. The highest BCUT2D eigenvalue weighted by atomic mass is 35.5. The Morgan fingerprint density at radius 3 is 2.44 bits per heavy atom. The van der Waals surface area contributed by atoms with Gasteiger partial charge in [-0.2, -0.15) is 0 Å². The van der Waals surface area contributed by atoms with Crippen molar-refractivity contribution < 1.29 is 19.1 Å². The Kier molecular flexibility index (Phi) is 6.65. The van der Waals surface area contributed by atoms with Crippen LogP contribution in [-0.2, 0) is 16.1 Å². The molecular weight excluding hydrogens is 454 g/mol. The average molecular weight is 478 g/mol. The number of carbonyl (C=O) groups is 3. The van der Waals surface area contributed by atoms with E-state index in [1.807, 2.05) is 44.2 Å². The van der Waals surface area contributed by atoms with E-state index in [0.717, 1.165) is 16.7 Å². The predicted molar refractivity (Wildman–Crippen MR) is 130 cm³/mol. The monoisotopic (exact) mass is 477 g/mol. The van der Waals surface area contributed by atoms with Gasteiger partial charge in [-0.05, 0) is 52.9 Å². The van der Waals surface area contributed by atoms with Crippen LogP contribution in [0.1, 0.15) is 40.1 Å². The number of amides is 2. The standard InChI is InChI=1S/C26H24ClN3O4/c1-15(2)22(26(33)34-3)30-14-18-7-6-17(13-21(18)25(30)32)16-8-10-19(11-9-16)29-24(31)20-5-4-12-28-23(20)27/h4-13,15,22H,14H2,1-3H3,(H,29,31). The molecule has 1 atom stereocenters. The lowest BCUT2D eigenvalue weighted by Crippen LogP contribution is -2.45. The summed E-state index contributed by atoms with van der Waals surface area (Å²) < 4.78 is 4.93. The molecule has 0 saturated carbocycles. The van der Waals surface area contributed by atoms with E-state index in [-0.39, 0.29) is 22.9 Å². The Bertz CT molecular complexity index is 1260. The molecule has 1 aliphatic heterocycles. The second-order valence-electron chi connectivity index (χ2n) is 8.39. The number of hydrogen-bond acceptors (Lipinski definition) is 5. The SMILES string of the molecule is COC(=O)C(C(C)C)N1Cc2ccc(-c3ccc(NC(=O)c4cccnc4Cl)cc3)cc2C1=O. The van der Waals surface area contributed by atoms with Crippen molar-refractivity contribution in [2.24, 2.45) is 5.92 Å². The first-order valence-corrected chi connectivity index (χ1v) is 11.2. The van der Waals surface area contributed by atoms with Crippen molar-refractivity contribution >= 4 is 35.1 Å². The largest absolute Gasteiger partial charge is 0.467 e. The molecule has 0 spiro atoms. The third-order valence-corrected chi connectivity index (χ3v) is 6.13. The van der Waals surface area contributed by atoms with Gasteiger partial charge >= 0.3 is 5.97 Å². The molecule has 2 amide bonds. The van der Waals surface area contributed by atoms with Gasteiger partial charge < -0.3 is 15.0 Å². The number of nitrogens with zero attached hydrogens (tertiary/aromatic N) is 2. The van der Waals surface area contributed by atoms with Gasteiger partial charge in [0.2, 0.25) is 0 Å². The summed E-state index contributed by atoms with van der Waals surface area (Å²) in [4.78, 5) is 43.4. The summed E-state index contributed by atoms with van der Waals surface area (Å²) in [5, 5.41) is 2.94. The van der Waals surface area contributed by atoms with Crippen molar-refractivity contribution in [2.75, 3.05) is 12.4 Å². The van der Waals surface area contributed by atoms with Crippen molar-refractivity contribution in [1.29, 1.82) is 0 Å². The molecule has 0 radical (unpaired) electrons. The number of ether oxygens (including phenoxy) is 1. The van der Waals surface area contributed by atoms with Gasteiger partial charge in [-0.25, -0.2) is 9.78 Å². The number of nitrogens with one attached hydrogen (secondary N) is 1. The average Bonchev–Trinajstić information content (AvgIpc) is 3.14. The molecule has 0 aliphatic carbocycles. The lowest BCUT2D eigenvalue weighted by Gasteiger charge is -2.28. The molecule has 2 aromatic carbocycles. The summed E-state index contributed by atoms with van der Waals surface area (Å²) in [6.07, 6.45) is 1.52. The molecule has 34 heavy (non-hydrogen) atoms. The van der Waals surface area contributed by atoms with Gasteiger partial charge in [-0.3, -0.25) is 9.59 Å². The number of aromatic nitrogens is 1. The Morgan fingerprint density at radius 2 is 1.79 bits per heavy atom. The second kappa shape index (κ2) is 9.65. The molecule has 2 heterocycles. The molecule has 1 unspecified atom stereocenters. The molecule has 3 aromatic rings. The normalized spacial score (nSPS) is 13.6. The maximum atomic E-state index is 13.1. The highest BCUT2D eigenvalue weighted by Crippen LogP contribution is 2.32. The zero-order valence-electron chi connectivity index (χ0n) is 19.0. The van der Waals surface area contributed by atoms with Crippen LogP contribution in [0.25, 0.3) is 11.1 Å². The maximum absolute atomic E-state index is 13.1. The predicted octanol–water partition coefficient (Wildman–Crippen LogP) is 4.81. The summed E-state index contributed by atoms with van der Waals surface area (Å²) in [5.74, 6) is -1.02. The van der Waals surface area contributed by atoms with Gasteiger partial charge in [0.15, 0.2) is 0 Å². The number of methoxy groups -OCH3 is 1. The lowest BCUT2D eigenvalue weighted by molar-refractivity contribution is -0.147. The van der Waals surface area contributed by atoms with Crippen molar-refractivity contribution in [3.63, 3.8) is 0 Å². The fraction of sp³-hybridized carbons (Fsp3) is 0.231. The first-order valence-electron chi connectivity index (χ1n) is 10.8. The van der Waals surface area contributed by atoms with Crippen LogP contribution in [0.4, 0.5) is 5.69 Å². The first kappa shape index (κ1) is 23.4. The quantitative estimate of drug-likeness (QED) is 0.406. The van der Waals surface area contributed by atoms with E-state index >= 15 is 0 Å². The van der Waals surface area contributed by atoms with Crippen LogP contribution >= 0.6 is 11.6 Å². The van der Waals surface area contributed by atoms with Gasteiger partial charge in [0.05, 0.1) is 12.7 Å². The maximum Gasteiger partial charge on any atom is 0.328 e. The smallest absolute Gasteiger partial charge is 0.328 e. The van der Waals surface area contributed by atoms with Crippen LogP contribution < -0.4 is 5.32 Å². The molecule has 0 bridgehead atoms. The Balaban J connectivity index is 1.53. The Morgan fingerprint density at radius 1 is 1.09 bits per heavy atom. The van der Waals surface area contributed by atoms with Gasteiger partial charge in [0.1, 0.15) is 11.2 Å².